The van der Waals surface area contributed by atoms with Gasteiger partial charge in [-0.05, 0) is 31.9 Å². The first kappa shape index (κ1) is 20.0. The number of nitrogens with zero attached hydrogens (tertiary/aromatic N) is 2. The summed E-state index contributed by atoms with van der Waals surface area (Å²) in [5, 5.41) is 0. The third-order valence-corrected chi connectivity index (χ3v) is 5.21. The molecule has 0 bridgehead atoms. The normalized spacial score (nSPS) is 17.1. The first-order valence-electron chi connectivity index (χ1n) is 9.37. The quantitative estimate of drug-likeness (QED) is 0.690. The van der Waals surface area contributed by atoms with Gasteiger partial charge < -0.3 is 10.5 Å². The summed E-state index contributed by atoms with van der Waals surface area (Å²) in [5.41, 5.74) is 6.80. The summed E-state index contributed by atoms with van der Waals surface area (Å²) in [6, 6.07) is 8.40. The molecular weight excluding hydrogens is 360 g/mol. The molecule has 0 unspecified atom stereocenters. The Morgan fingerprint density at radius 1 is 1.29 bits per heavy atom. The Morgan fingerprint density at radius 2 is 2.00 bits per heavy atom. The lowest BCUT2D eigenvalue weighted by atomic mass is 10.0. The summed E-state index contributed by atoms with van der Waals surface area (Å²) in [4.78, 5) is 41.4. The summed E-state index contributed by atoms with van der Waals surface area (Å²) in [5.74, 6) is -0.495. The number of nitrogens with two attached hydrogens (primary N) is 1. The van der Waals surface area contributed by atoms with Crippen LogP contribution < -0.4 is 17.0 Å². The SMILES string of the molecule is COCCn1c(N)c(C(=O)CN2CCC[C@@H]2c2ccc(C)cc2)c(=O)[nH]c1=O. The van der Waals surface area contributed by atoms with Crippen molar-refractivity contribution in [1.82, 2.24) is 14.5 Å². The summed E-state index contributed by atoms with van der Waals surface area (Å²) < 4.78 is 6.13. The minimum atomic E-state index is -0.743. The number of nitrogens with one attached hydrogen (secondary N) is 1. The van der Waals surface area contributed by atoms with E-state index in [1.54, 1.807) is 0 Å². The fourth-order valence-corrected chi connectivity index (χ4v) is 3.71. The maximum atomic E-state index is 12.9. The van der Waals surface area contributed by atoms with Crippen LogP contribution in [0.1, 0.15) is 40.4 Å². The van der Waals surface area contributed by atoms with Crippen molar-refractivity contribution in [3.05, 3.63) is 61.8 Å². The Morgan fingerprint density at radius 3 is 2.68 bits per heavy atom. The summed E-state index contributed by atoms with van der Waals surface area (Å²) in [6.45, 7) is 3.28. The predicted octanol–water partition coefficient (Wildman–Crippen LogP) is 1.09. The van der Waals surface area contributed by atoms with Gasteiger partial charge in [0.1, 0.15) is 11.4 Å². The largest absolute Gasteiger partial charge is 0.384 e. The van der Waals surface area contributed by atoms with E-state index >= 15 is 0 Å². The molecule has 8 nitrogen and oxygen atoms in total. The molecule has 1 atom stereocenters. The van der Waals surface area contributed by atoms with Crippen LogP contribution in [0.5, 0.6) is 0 Å². The van der Waals surface area contributed by atoms with Gasteiger partial charge in [-0.3, -0.25) is 24.0 Å². The molecule has 1 saturated heterocycles. The number of carbonyl (C=O) groups is 1. The predicted molar refractivity (Wildman–Crippen MR) is 107 cm³/mol. The molecule has 2 heterocycles. The molecule has 1 fully saturated rings. The molecular formula is C20H26N4O4. The molecule has 8 heteroatoms. The Balaban J connectivity index is 1.85. The lowest BCUT2D eigenvalue weighted by Crippen LogP contribution is -2.39. The standard InChI is InChI=1S/C20H26N4O4/c1-13-5-7-14(8-6-13)15-4-3-9-23(15)12-16(25)17-18(21)24(10-11-28-2)20(27)22-19(17)26/h5-8,15H,3-4,9-12,21H2,1-2H3,(H,22,26,27)/t15-/m1/s1. The highest BCUT2D eigenvalue weighted by atomic mass is 16.5. The number of hydrogen-bond acceptors (Lipinski definition) is 6. The number of ether oxygens (including phenoxy) is 1. The Bertz CT molecular complexity index is 962. The highest BCUT2D eigenvalue weighted by molar-refractivity contribution is 6.01. The number of aromatic amines is 1. The molecule has 2 aromatic rings. The number of nitrogen functional groups attached to an aromatic ring is 1. The van der Waals surface area contributed by atoms with Crippen molar-refractivity contribution in [3.8, 4) is 0 Å². The van der Waals surface area contributed by atoms with Crippen LogP contribution in [-0.2, 0) is 11.3 Å². The van der Waals surface area contributed by atoms with Gasteiger partial charge in [-0.15, -0.1) is 0 Å². The van der Waals surface area contributed by atoms with E-state index in [-0.39, 0.29) is 42.9 Å². The van der Waals surface area contributed by atoms with Crippen LogP contribution in [0.4, 0.5) is 5.82 Å². The van der Waals surface area contributed by atoms with Crippen molar-refractivity contribution in [2.45, 2.75) is 32.4 Å². The molecule has 1 aromatic carbocycles. The number of ketones is 1. The van der Waals surface area contributed by atoms with Crippen LogP contribution in [0.3, 0.4) is 0 Å². The highest BCUT2D eigenvalue weighted by Gasteiger charge is 2.29. The molecule has 0 spiro atoms. The van der Waals surface area contributed by atoms with Gasteiger partial charge in [0.05, 0.1) is 19.7 Å². The van der Waals surface area contributed by atoms with Crippen LogP contribution in [0.15, 0.2) is 33.9 Å². The lowest BCUT2D eigenvalue weighted by molar-refractivity contribution is 0.0920. The molecule has 1 aromatic heterocycles. The number of rotatable bonds is 7. The average molecular weight is 386 g/mol. The Kier molecular flexibility index (Phi) is 6.11. The molecule has 1 aliphatic rings. The zero-order valence-corrected chi connectivity index (χ0v) is 16.2. The van der Waals surface area contributed by atoms with Crippen LogP contribution in [0, 0.1) is 6.92 Å². The fraction of sp³-hybridized carbons (Fsp3) is 0.450. The molecule has 28 heavy (non-hydrogen) atoms. The van der Waals surface area contributed by atoms with Crippen LogP contribution in [-0.4, -0.2) is 47.0 Å². The van der Waals surface area contributed by atoms with Crippen molar-refractivity contribution < 1.29 is 9.53 Å². The lowest BCUT2D eigenvalue weighted by Gasteiger charge is -2.24. The monoisotopic (exact) mass is 386 g/mol. The smallest absolute Gasteiger partial charge is 0.330 e. The third kappa shape index (κ3) is 4.07. The molecule has 0 amide bonds. The van der Waals surface area contributed by atoms with Gasteiger partial charge in [0, 0.05) is 13.2 Å². The second-order valence-electron chi connectivity index (χ2n) is 7.13. The maximum absolute atomic E-state index is 12.9. The van der Waals surface area contributed by atoms with Gasteiger partial charge in [0.15, 0.2) is 5.78 Å². The van der Waals surface area contributed by atoms with Crippen LogP contribution in [0.2, 0.25) is 0 Å². The molecule has 0 saturated carbocycles. The van der Waals surface area contributed by atoms with E-state index in [4.69, 9.17) is 10.5 Å². The number of aryl methyl sites for hydroxylation is 1. The zero-order valence-electron chi connectivity index (χ0n) is 16.2. The molecule has 3 N–H and O–H groups in total. The molecule has 150 valence electrons. The number of anilines is 1. The molecule has 1 aliphatic heterocycles. The minimum absolute atomic E-state index is 0.0777. The first-order valence-corrected chi connectivity index (χ1v) is 9.37. The van der Waals surface area contributed by atoms with E-state index in [9.17, 15) is 14.4 Å². The van der Waals surface area contributed by atoms with Gasteiger partial charge in [-0.1, -0.05) is 29.8 Å². The number of Topliss-reactive ketones (excluding diaryl/α,β-unsaturated/α-hetero) is 1. The van der Waals surface area contributed by atoms with E-state index in [0.717, 1.165) is 24.9 Å². The number of aromatic nitrogens is 2. The van der Waals surface area contributed by atoms with Gasteiger partial charge in [0.25, 0.3) is 5.56 Å². The Labute approximate surface area is 162 Å². The van der Waals surface area contributed by atoms with Crippen molar-refractivity contribution in [3.63, 3.8) is 0 Å². The third-order valence-electron chi connectivity index (χ3n) is 5.21. The van der Waals surface area contributed by atoms with E-state index in [2.05, 4.69) is 34.1 Å². The van der Waals surface area contributed by atoms with Gasteiger partial charge in [-0.25, -0.2) is 4.79 Å². The van der Waals surface area contributed by atoms with Crippen molar-refractivity contribution in [1.29, 1.82) is 0 Å². The van der Waals surface area contributed by atoms with Crippen molar-refractivity contribution in [2.24, 2.45) is 0 Å². The Hall–Kier alpha value is -2.71. The second-order valence-corrected chi connectivity index (χ2v) is 7.13. The van der Waals surface area contributed by atoms with Crippen molar-refractivity contribution in [2.75, 3.05) is 32.5 Å². The topological polar surface area (TPSA) is 110 Å². The summed E-state index contributed by atoms with van der Waals surface area (Å²) in [6.07, 6.45) is 1.93. The summed E-state index contributed by atoms with van der Waals surface area (Å²) in [7, 11) is 1.50. The van der Waals surface area contributed by atoms with E-state index < -0.39 is 11.2 Å². The number of hydrogen-bond donors (Lipinski definition) is 2. The van der Waals surface area contributed by atoms with Crippen LogP contribution >= 0.6 is 0 Å². The molecule has 3 rings (SSSR count). The molecule has 0 aliphatic carbocycles. The first-order chi connectivity index (χ1) is 13.4. The van der Waals surface area contributed by atoms with E-state index in [1.165, 1.54) is 17.2 Å². The zero-order chi connectivity index (χ0) is 20.3. The summed E-state index contributed by atoms with van der Waals surface area (Å²) >= 11 is 0. The second kappa shape index (κ2) is 8.53. The van der Waals surface area contributed by atoms with Gasteiger partial charge in [0.2, 0.25) is 0 Å². The fourth-order valence-electron chi connectivity index (χ4n) is 3.71. The number of H-pyrrole nitrogens is 1. The maximum Gasteiger partial charge on any atom is 0.330 e. The minimum Gasteiger partial charge on any atom is -0.384 e. The van der Waals surface area contributed by atoms with Gasteiger partial charge >= 0.3 is 5.69 Å². The molecule has 0 radical (unpaired) electrons. The highest BCUT2D eigenvalue weighted by Crippen LogP contribution is 2.32. The average Bonchev–Trinajstić information content (AvgIpc) is 3.10. The number of carbonyl (C=O) groups excluding carboxylic acids is 1. The number of benzene rings is 1. The van der Waals surface area contributed by atoms with Crippen LogP contribution in [0.25, 0.3) is 0 Å². The van der Waals surface area contributed by atoms with Crippen molar-refractivity contribution >= 4 is 11.6 Å². The van der Waals surface area contributed by atoms with Gasteiger partial charge in [-0.2, -0.15) is 0 Å². The number of methoxy groups -OCH3 is 1. The number of likely N-dealkylation sites (tertiary alicyclic amines) is 1. The van der Waals surface area contributed by atoms with E-state index in [0.29, 0.717) is 0 Å². The van der Waals surface area contributed by atoms with E-state index in [1.807, 2.05) is 6.92 Å².